The first-order valence-corrected chi connectivity index (χ1v) is 13.0. The van der Waals surface area contributed by atoms with E-state index in [1.54, 1.807) is 6.20 Å². The molecular formula is C29H35N7O. The highest BCUT2D eigenvalue weighted by Crippen LogP contribution is 2.23. The topological polar surface area (TPSA) is 85.8 Å². The van der Waals surface area contributed by atoms with Crippen LogP contribution in [0, 0.1) is 0 Å². The van der Waals surface area contributed by atoms with E-state index in [4.69, 9.17) is 0 Å². The zero-order valence-corrected chi connectivity index (χ0v) is 21.7. The summed E-state index contributed by atoms with van der Waals surface area (Å²) in [5, 5.41) is 6.51. The van der Waals surface area contributed by atoms with E-state index >= 15 is 0 Å². The summed E-state index contributed by atoms with van der Waals surface area (Å²) in [4.78, 5) is 31.1. The van der Waals surface area contributed by atoms with Gasteiger partial charge in [0, 0.05) is 62.6 Å². The standard InChI is InChI=1S/C29H35N7O/c1-21-5-10-25(18-27(21)34-29-31-13-11-26(33-29)24-4-3-12-30-19-24)32-28(37)23-8-6-22(7-9-23)20-36-16-14-35(2)15-17-36/h5-9,11-13,18-19,25H,3-4,10,14-17,20H2,1-2H3,(H,32,37)(H,31,33,34). The molecule has 2 aliphatic heterocycles. The summed E-state index contributed by atoms with van der Waals surface area (Å²) < 4.78 is 0. The lowest BCUT2D eigenvalue weighted by molar-refractivity contribution is 0.0944. The van der Waals surface area contributed by atoms with Gasteiger partial charge >= 0.3 is 0 Å². The van der Waals surface area contributed by atoms with Crippen molar-refractivity contribution in [2.45, 2.75) is 38.8 Å². The van der Waals surface area contributed by atoms with Gasteiger partial charge in [-0.3, -0.25) is 14.7 Å². The van der Waals surface area contributed by atoms with E-state index in [2.05, 4.69) is 73.6 Å². The molecule has 1 unspecified atom stereocenters. The number of hydrogen-bond acceptors (Lipinski definition) is 7. The molecule has 2 aromatic rings. The van der Waals surface area contributed by atoms with Crippen molar-refractivity contribution in [1.29, 1.82) is 0 Å². The minimum Gasteiger partial charge on any atom is -0.345 e. The van der Waals surface area contributed by atoms with Crippen LogP contribution < -0.4 is 10.6 Å². The molecule has 1 aromatic heterocycles. The summed E-state index contributed by atoms with van der Waals surface area (Å²) in [6.45, 7) is 7.34. The zero-order valence-electron chi connectivity index (χ0n) is 21.7. The lowest BCUT2D eigenvalue weighted by Gasteiger charge is -2.32. The Hall–Kier alpha value is -3.62. The highest BCUT2D eigenvalue weighted by molar-refractivity contribution is 5.94. The largest absolute Gasteiger partial charge is 0.345 e. The van der Waals surface area contributed by atoms with E-state index < -0.39 is 0 Å². The molecule has 3 aliphatic rings. The Morgan fingerprint density at radius 1 is 1.11 bits per heavy atom. The van der Waals surface area contributed by atoms with E-state index in [1.807, 2.05) is 30.6 Å². The van der Waals surface area contributed by atoms with E-state index in [1.165, 1.54) is 5.56 Å². The Morgan fingerprint density at radius 3 is 2.68 bits per heavy atom. The number of aromatic nitrogens is 2. The van der Waals surface area contributed by atoms with Crippen LogP contribution in [0.5, 0.6) is 0 Å². The van der Waals surface area contributed by atoms with E-state index in [0.717, 1.165) is 74.5 Å². The Kier molecular flexibility index (Phi) is 7.87. The first-order chi connectivity index (χ1) is 18.0. The van der Waals surface area contributed by atoms with Gasteiger partial charge in [0.2, 0.25) is 5.95 Å². The molecule has 8 nitrogen and oxygen atoms in total. The number of amides is 1. The van der Waals surface area contributed by atoms with Gasteiger partial charge in [-0.25, -0.2) is 9.97 Å². The van der Waals surface area contributed by atoms with Crippen molar-refractivity contribution >= 4 is 23.6 Å². The number of carbonyl (C=O) groups is 1. The minimum atomic E-state index is -0.109. The maximum atomic E-state index is 13.0. The van der Waals surface area contributed by atoms with E-state index in [-0.39, 0.29) is 11.9 Å². The first-order valence-electron chi connectivity index (χ1n) is 13.0. The minimum absolute atomic E-state index is 0.0669. The van der Waals surface area contributed by atoms with Crippen LogP contribution in [0.2, 0.25) is 0 Å². The monoisotopic (exact) mass is 497 g/mol. The molecule has 192 valence electrons. The molecule has 37 heavy (non-hydrogen) atoms. The van der Waals surface area contributed by atoms with Gasteiger partial charge in [-0.05, 0) is 74.2 Å². The lowest BCUT2D eigenvalue weighted by Crippen LogP contribution is -2.43. The summed E-state index contributed by atoms with van der Waals surface area (Å²) in [5.41, 5.74) is 5.92. The van der Waals surface area contributed by atoms with E-state index in [0.29, 0.717) is 11.5 Å². The second kappa shape index (κ2) is 11.6. The second-order valence-corrected chi connectivity index (χ2v) is 9.97. The van der Waals surface area contributed by atoms with Crippen molar-refractivity contribution in [3.63, 3.8) is 0 Å². The fraction of sp³-hybridized carbons (Fsp3) is 0.379. The third-order valence-electron chi connectivity index (χ3n) is 7.11. The predicted molar refractivity (Wildman–Crippen MR) is 148 cm³/mol. The molecule has 0 radical (unpaired) electrons. The number of benzene rings is 1. The molecule has 3 heterocycles. The van der Waals surface area contributed by atoms with Gasteiger partial charge in [0.25, 0.3) is 5.91 Å². The van der Waals surface area contributed by atoms with Gasteiger partial charge in [0.15, 0.2) is 0 Å². The first kappa shape index (κ1) is 25.0. The Morgan fingerprint density at radius 2 is 1.92 bits per heavy atom. The second-order valence-electron chi connectivity index (χ2n) is 9.97. The van der Waals surface area contributed by atoms with Gasteiger partial charge in [0.1, 0.15) is 0 Å². The Bertz CT molecular complexity index is 1240. The molecular weight excluding hydrogens is 462 g/mol. The van der Waals surface area contributed by atoms with Crippen LogP contribution in [0.4, 0.5) is 5.95 Å². The number of nitrogens with zero attached hydrogens (tertiary/aromatic N) is 5. The number of hydrogen-bond donors (Lipinski definition) is 2. The summed E-state index contributed by atoms with van der Waals surface area (Å²) in [7, 11) is 2.17. The maximum absolute atomic E-state index is 13.0. The number of rotatable bonds is 7. The van der Waals surface area contributed by atoms with Gasteiger partial charge in [-0.15, -0.1) is 0 Å². The average molecular weight is 498 g/mol. The summed E-state index contributed by atoms with van der Waals surface area (Å²) >= 11 is 0. The number of likely N-dealkylation sites (N-methyl/N-ethyl adjacent to an activating group) is 1. The van der Waals surface area contributed by atoms with Crippen molar-refractivity contribution in [1.82, 2.24) is 25.1 Å². The molecule has 2 N–H and O–H groups in total. The van der Waals surface area contributed by atoms with Crippen LogP contribution in [0.3, 0.4) is 0 Å². The summed E-state index contributed by atoms with van der Waals surface area (Å²) in [6, 6.07) is 9.79. The smallest absolute Gasteiger partial charge is 0.251 e. The Labute approximate surface area is 218 Å². The average Bonchev–Trinajstić information content (AvgIpc) is 2.93. The van der Waals surface area contributed by atoms with Crippen LogP contribution in [0.25, 0.3) is 5.57 Å². The lowest BCUT2D eigenvalue weighted by atomic mass is 10.00. The normalized spacial score (nSPS) is 20.6. The molecule has 0 bridgehead atoms. The third-order valence-corrected chi connectivity index (χ3v) is 7.11. The molecule has 1 saturated heterocycles. The van der Waals surface area contributed by atoms with Gasteiger partial charge < -0.3 is 15.5 Å². The van der Waals surface area contributed by atoms with Crippen LogP contribution in [-0.2, 0) is 6.54 Å². The van der Waals surface area contributed by atoms with Gasteiger partial charge in [0.05, 0.1) is 11.7 Å². The van der Waals surface area contributed by atoms with Gasteiger partial charge in [-0.2, -0.15) is 0 Å². The highest BCUT2D eigenvalue weighted by Gasteiger charge is 2.18. The molecule has 1 aliphatic carbocycles. The zero-order chi connectivity index (χ0) is 25.6. The highest BCUT2D eigenvalue weighted by atomic mass is 16.1. The number of allylic oxidation sites excluding steroid dienone is 2. The molecule has 1 atom stereocenters. The number of carbonyl (C=O) groups excluding carboxylic acids is 1. The van der Waals surface area contributed by atoms with Gasteiger partial charge in [-0.1, -0.05) is 18.2 Å². The number of aliphatic imine (C=N–C) groups is 1. The number of anilines is 1. The third kappa shape index (κ3) is 6.58. The molecule has 1 amide bonds. The SMILES string of the molecule is CC1=CCC(NC(=O)c2ccc(CN3CCN(C)CC3)cc2)C=C1Nc1nccc(C2=CN=CCC2)n1. The fourth-order valence-electron chi connectivity index (χ4n) is 4.75. The van der Waals surface area contributed by atoms with Crippen molar-refractivity contribution in [2.75, 3.05) is 38.5 Å². The van der Waals surface area contributed by atoms with Crippen molar-refractivity contribution in [2.24, 2.45) is 4.99 Å². The number of piperazine rings is 1. The molecule has 1 aromatic carbocycles. The number of nitrogens with one attached hydrogen (secondary N) is 2. The maximum Gasteiger partial charge on any atom is 0.251 e. The van der Waals surface area contributed by atoms with Crippen molar-refractivity contribution < 1.29 is 4.79 Å². The molecule has 8 heteroatoms. The van der Waals surface area contributed by atoms with Crippen LogP contribution in [0.15, 0.2) is 71.1 Å². The summed E-state index contributed by atoms with van der Waals surface area (Å²) in [5.74, 6) is 0.470. The molecule has 0 spiro atoms. The van der Waals surface area contributed by atoms with Crippen LogP contribution in [-0.4, -0.2) is 71.2 Å². The fourth-order valence-corrected chi connectivity index (χ4v) is 4.75. The molecule has 0 saturated carbocycles. The molecule has 1 fully saturated rings. The molecule has 5 rings (SSSR count). The predicted octanol–water partition coefficient (Wildman–Crippen LogP) is 3.87. The van der Waals surface area contributed by atoms with Crippen molar-refractivity contribution in [3.05, 3.63) is 83.0 Å². The quantitative estimate of drug-likeness (QED) is 0.604. The van der Waals surface area contributed by atoms with Crippen LogP contribution in [0.1, 0.15) is 47.8 Å². The van der Waals surface area contributed by atoms with E-state index in [9.17, 15) is 4.79 Å². The Balaban J connectivity index is 1.20. The van der Waals surface area contributed by atoms with Crippen molar-refractivity contribution in [3.8, 4) is 0 Å². The summed E-state index contributed by atoms with van der Waals surface area (Å²) in [6.07, 6.45) is 12.3. The van der Waals surface area contributed by atoms with Crippen LogP contribution >= 0.6 is 0 Å².